The van der Waals surface area contributed by atoms with Crippen LogP contribution in [0.1, 0.15) is 30.4 Å². The monoisotopic (exact) mass is 461 g/mol. The van der Waals surface area contributed by atoms with E-state index >= 15 is 0 Å². The Labute approximate surface area is 198 Å². The number of amides is 4. The van der Waals surface area contributed by atoms with Gasteiger partial charge in [0.15, 0.2) is 0 Å². The minimum Gasteiger partial charge on any atom is -0.352 e. The van der Waals surface area contributed by atoms with E-state index in [4.69, 9.17) is 4.79 Å². The molecule has 1 aliphatic heterocycles. The van der Waals surface area contributed by atoms with E-state index < -0.39 is 6.03 Å². The van der Waals surface area contributed by atoms with Crippen molar-refractivity contribution in [2.24, 2.45) is 11.5 Å². The maximum Gasteiger partial charge on any atom is 0.319 e. The van der Waals surface area contributed by atoms with Crippen LogP contribution in [0.15, 0.2) is 48.5 Å². The van der Waals surface area contributed by atoms with Gasteiger partial charge in [0.1, 0.15) is 0 Å². The Morgan fingerprint density at radius 2 is 1.71 bits per heavy atom. The van der Waals surface area contributed by atoms with Crippen molar-refractivity contribution in [2.75, 3.05) is 31.5 Å². The number of anilines is 1. The predicted octanol–water partition coefficient (Wildman–Crippen LogP) is 3.28. The van der Waals surface area contributed by atoms with Crippen molar-refractivity contribution in [3.05, 3.63) is 59.7 Å². The first-order chi connectivity index (χ1) is 16.5. The van der Waals surface area contributed by atoms with Crippen molar-refractivity contribution < 1.29 is 9.59 Å². The number of aromatic nitrogens is 2. The molecule has 2 aliphatic rings. The first kappa shape index (κ1) is 23.3. The molecule has 0 unspecified atom stereocenters. The third-order valence-corrected chi connectivity index (χ3v) is 6.10. The van der Waals surface area contributed by atoms with Gasteiger partial charge < -0.3 is 27.0 Å². The van der Waals surface area contributed by atoms with Crippen LogP contribution in [0.5, 0.6) is 0 Å². The molecular formula is C25H31N7O2. The van der Waals surface area contributed by atoms with Crippen LogP contribution in [-0.4, -0.2) is 53.3 Å². The number of benzene rings is 2. The minimum absolute atomic E-state index is 0.157. The van der Waals surface area contributed by atoms with Crippen LogP contribution in [-0.2, 0) is 6.42 Å². The summed E-state index contributed by atoms with van der Waals surface area (Å²) in [5, 5.41) is 13.6. The summed E-state index contributed by atoms with van der Waals surface area (Å²) in [4.78, 5) is 23.6. The lowest BCUT2D eigenvalue weighted by atomic mass is 10.1. The maximum absolute atomic E-state index is 12.2. The molecule has 1 aliphatic carbocycles. The molecule has 0 saturated carbocycles. The van der Waals surface area contributed by atoms with Crippen LogP contribution in [0.3, 0.4) is 0 Å². The number of carbonyl (C=O) groups is 2. The molecule has 0 bridgehead atoms. The van der Waals surface area contributed by atoms with Gasteiger partial charge in [0.05, 0.1) is 11.4 Å². The number of primary amides is 2. The Hall–Kier alpha value is -3.85. The third-order valence-electron chi connectivity index (χ3n) is 6.10. The Morgan fingerprint density at radius 3 is 2.44 bits per heavy atom. The molecule has 0 spiro atoms. The minimum atomic E-state index is -0.833. The summed E-state index contributed by atoms with van der Waals surface area (Å²) in [6.07, 6.45) is 4.76. The SMILES string of the molecule is NC(N)=O.O=C(NCCN1CCCCC1)Nc1ccc(-c2n[nH]c3c2Cc2ccccc2-3)cc1. The molecule has 9 nitrogen and oxygen atoms in total. The molecule has 178 valence electrons. The summed E-state index contributed by atoms with van der Waals surface area (Å²) >= 11 is 0. The second kappa shape index (κ2) is 10.8. The number of urea groups is 2. The molecule has 0 atom stereocenters. The number of piperidine rings is 1. The number of fused-ring (bicyclic) bond motifs is 3. The highest BCUT2D eigenvalue weighted by molar-refractivity contribution is 5.89. The molecule has 0 radical (unpaired) electrons. The number of carbonyl (C=O) groups excluding carboxylic acids is 2. The average molecular weight is 462 g/mol. The smallest absolute Gasteiger partial charge is 0.319 e. The highest BCUT2D eigenvalue weighted by Gasteiger charge is 2.24. The van der Waals surface area contributed by atoms with Crippen LogP contribution >= 0.6 is 0 Å². The average Bonchev–Trinajstić information content (AvgIpc) is 3.39. The topological polar surface area (TPSA) is 142 Å². The van der Waals surface area contributed by atoms with Gasteiger partial charge in [-0.2, -0.15) is 5.10 Å². The number of likely N-dealkylation sites (tertiary alicyclic amines) is 1. The fourth-order valence-electron chi connectivity index (χ4n) is 4.50. The highest BCUT2D eigenvalue weighted by atomic mass is 16.2. The van der Waals surface area contributed by atoms with Crippen molar-refractivity contribution in [3.8, 4) is 22.5 Å². The summed E-state index contributed by atoms with van der Waals surface area (Å²) in [5.74, 6) is 0. The van der Waals surface area contributed by atoms with Gasteiger partial charge in [-0.1, -0.05) is 42.8 Å². The summed E-state index contributed by atoms with van der Waals surface area (Å²) < 4.78 is 0. The third kappa shape index (κ3) is 5.74. The summed E-state index contributed by atoms with van der Waals surface area (Å²) in [5.41, 5.74) is 16.3. The predicted molar refractivity (Wildman–Crippen MR) is 133 cm³/mol. The zero-order chi connectivity index (χ0) is 23.9. The molecule has 9 heteroatoms. The summed E-state index contributed by atoms with van der Waals surface area (Å²) in [7, 11) is 0. The first-order valence-corrected chi connectivity index (χ1v) is 11.6. The Kier molecular flexibility index (Phi) is 7.44. The van der Waals surface area contributed by atoms with E-state index in [1.54, 1.807) is 0 Å². The quantitative estimate of drug-likeness (QED) is 0.311. The lowest BCUT2D eigenvalue weighted by molar-refractivity contribution is 0.224. The molecule has 1 aromatic heterocycles. The van der Waals surface area contributed by atoms with E-state index in [2.05, 4.69) is 61.5 Å². The van der Waals surface area contributed by atoms with Crippen molar-refractivity contribution in [3.63, 3.8) is 0 Å². The number of H-pyrrole nitrogens is 1. The summed E-state index contributed by atoms with van der Waals surface area (Å²) in [6.45, 7) is 3.88. The van der Waals surface area contributed by atoms with E-state index in [1.807, 2.05) is 24.3 Å². The molecule has 1 saturated heterocycles. The zero-order valence-corrected chi connectivity index (χ0v) is 19.1. The molecule has 1 fully saturated rings. The molecular weight excluding hydrogens is 430 g/mol. The Balaban J connectivity index is 0.000000636. The lowest BCUT2D eigenvalue weighted by Gasteiger charge is -2.26. The van der Waals surface area contributed by atoms with Crippen LogP contribution in [0.25, 0.3) is 22.5 Å². The van der Waals surface area contributed by atoms with Gasteiger partial charge in [0.25, 0.3) is 0 Å². The number of aromatic amines is 1. The van der Waals surface area contributed by atoms with Crippen molar-refractivity contribution in [2.45, 2.75) is 25.7 Å². The van der Waals surface area contributed by atoms with E-state index in [9.17, 15) is 4.79 Å². The summed E-state index contributed by atoms with van der Waals surface area (Å²) in [6, 6.07) is 15.4. The standard InChI is InChI=1S/C24H27N5O.CH4N2O/c30-24(25-12-15-29-13-4-1-5-14-29)26-19-10-8-17(9-11-19)22-21-16-18-6-2-3-7-20(18)23(21)28-27-22;2-1(3)4/h2-3,6-11H,1,4-5,12-16H2,(H,27,28)(H2,25,26,30);(H4,2,3,4). The largest absolute Gasteiger partial charge is 0.352 e. The van der Waals surface area contributed by atoms with Gasteiger partial charge in [-0.25, -0.2) is 9.59 Å². The molecule has 2 aromatic carbocycles. The molecule has 3 aromatic rings. The van der Waals surface area contributed by atoms with Gasteiger partial charge in [0, 0.05) is 41.9 Å². The fourth-order valence-corrected chi connectivity index (χ4v) is 4.50. The van der Waals surface area contributed by atoms with Gasteiger partial charge in [-0.3, -0.25) is 5.10 Å². The number of rotatable bonds is 5. The van der Waals surface area contributed by atoms with E-state index in [0.717, 1.165) is 48.7 Å². The normalized spacial score (nSPS) is 14.4. The van der Waals surface area contributed by atoms with E-state index in [0.29, 0.717) is 6.54 Å². The molecule has 7 N–H and O–H groups in total. The van der Waals surface area contributed by atoms with Gasteiger partial charge >= 0.3 is 12.1 Å². The van der Waals surface area contributed by atoms with E-state index in [1.165, 1.54) is 36.0 Å². The molecule has 5 rings (SSSR count). The second-order valence-electron chi connectivity index (χ2n) is 8.52. The lowest BCUT2D eigenvalue weighted by Crippen LogP contribution is -2.39. The van der Waals surface area contributed by atoms with Crippen LogP contribution in [0, 0.1) is 0 Å². The number of hydrogen-bond acceptors (Lipinski definition) is 4. The number of nitrogens with one attached hydrogen (secondary N) is 3. The van der Waals surface area contributed by atoms with Crippen LogP contribution in [0.2, 0.25) is 0 Å². The van der Waals surface area contributed by atoms with Gasteiger partial charge in [0.2, 0.25) is 0 Å². The first-order valence-electron chi connectivity index (χ1n) is 11.6. The fraction of sp³-hybridized carbons (Fsp3) is 0.320. The van der Waals surface area contributed by atoms with Crippen LogP contribution in [0.4, 0.5) is 15.3 Å². The molecule has 2 heterocycles. The second-order valence-corrected chi connectivity index (χ2v) is 8.52. The number of nitrogens with two attached hydrogens (primary N) is 2. The van der Waals surface area contributed by atoms with Crippen molar-refractivity contribution >= 4 is 17.7 Å². The van der Waals surface area contributed by atoms with Gasteiger partial charge in [-0.15, -0.1) is 0 Å². The number of nitrogens with zero attached hydrogens (tertiary/aromatic N) is 2. The molecule has 4 amide bonds. The maximum atomic E-state index is 12.2. The number of hydrogen-bond donors (Lipinski definition) is 5. The van der Waals surface area contributed by atoms with Gasteiger partial charge in [-0.05, 0) is 43.6 Å². The zero-order valence-electron chi connectivity index (χ0n) is 19.1. The Morgan fingerprint density at radius 1 is 1.00 bits per heavy atom. The van der Waals surface area contributed by atoms with Crippen molar-refractivity contribution in [1.29, 1.82) is 0 Å². The van der Waals surface area contributed by atoms with E-state index in [-0.39, 0.29) is 6.03 Å². The Bertz CT molecular complexity index is 1130. The van der Waals surface area contributed by atoms with Crippen molar-refractivity contribution in [1.82, 2.24) is 20.4 Å². The molecule has 34 heavy (non-hydrogen) atoms. The van der Waals surface area contributed by atoms with Crippen LogP contribution < -0.4 is 22.1 Å². The highest BCUT2D eigenvalue weighted by Crippen LogP contribution is 2.39.